The van der Waals surface area contributed by atoms with Crippen LogP contribution in [0.3, 0.4) is 0 Å². The molecule has 4 N–H and O–H groups in total. The second-order valence-electron chi connectivity index (χ2n) is 4.12. The second-order valence-corrected chi connectivity index (χ2v) is 5.78. The van der Waals surface area contributed by atoms with Gasteiger partial charge in [0.25, 0.3) is 0 Å². The van der Waals surface area contributed by atoms with Crippen LogP contribution in [0.2, 0.25) is 0 Å². The van der Waals surface area contributed by atoms with Crippen LogP contribution in [0.4, 0.5) is 0 Å². The minimum atomic E-state index is -3.78. The fourth-order valence-electron chi connectivity index (χ4n) is 1.66. The second kappa shape index (κ2) is 7.79. The third kappa shape index (κ3) is 4.45. The van der Waals surface area contributed by atoms with E-state index in [1.165, 1.54) is 0 Å². The summed E-state index contributed by atoms with van der Waals surface area (Å²) in [6.07, 6.45) is -7.61. The molecule has 120 valence electrons. The standard InChI is InChI=1S/C10H21O9P/c1-3-16-20(15,17-4-2)18-5-6-7(11)8(12)9(13)10(14)19-6/h6-14H,3-5H2,1-2H3/t6-,7+,8+,9-,10?/m1/s1. The SMILES string of the molecule is CCOP(=O)(OCC)OC[C@H]1OC(O)[C@H](O)[C@@H](O)[C@H]1O. The number of aliphatic hydroxyl groups excluding tert-OH is 4. The summed E-state index contributed by atoms with van der Waals surface area (Å²) in [6, 6.07) is 0. The zero-order valence-electron chi connectivity index (χ0n) is 11.3. The molecule has 0 aromatic heterocycles. The van der Waals surface area contributed by atoms with Gasteiger partial charge in [0, 0.05) is 0 Å². The van der Waals surface area contributed by atoms with Gasteiger partial charge in [-0.2, -0.15) is 0 Å². The van der Waals surface area contributed by atoms with Crippen molar-refractivity contribution in [2.24, 2.45) is 0 Å². The lowest BCUT2D eigenvalue weighted by Crippen LogP contribution is -2.58. The van der Waals surface area contributed by atoms with E-state index in [0.29, 0.717) is 0 Å². The molecule has 5 atom stereocenters. The van der Waals surface area contributed by atoms with E-state index in [2.05, 4.69) is 0 Å². The summed E-state index contributed by atoms with van der Waals surface area (Å²) in [6.45, 7) is 2.94. The Labute approximate surface area is 116 Å². The Morgan fingerprint density at radius 3 is 2.00 bits per heavy atom. The van der Waals surface area contributed by atoms with Crippen LogP contribution in [0, 0.1) is 0 Å². The minimum absolute atomic E-state index is 0.0926. The first-order valence-corrected chi connectivity index (χ1v) is 7.72. The Kier molecular flexibility index (Phi) is 6.99. The number of phosphoric ester groups is 1. The first kappa shape index (κ1) is 18.0. The largest absolute Gasteiger partial charge is 0.474 e. The third-order valence-corrected chi connectivity index (χ3v) is 4.27. The molecule has 1 rings (SSSR count). The molecule has 10 heteroatoms. The van der Waals surface area contributed by atoms with Gasteiger partial charge in [-0.1, -0.05) is 0 Å². The van der Waals surface area contributed by atoms with Crippen molar-refractivity contribution in [2.75, 3.05) is 19.8 Å². The summed E-state index contributed by atoms with van der Waals surface area (Å²) >= 11 is 0. The van der Waals surface area contributed by atoms with Crippen LogP contribution < -0.4 is 0 Å². The molecule has 0 bridgehead atoms. The van der Waals surface area contributed by atoms with Crippen molar-refractivity contribution in [3.63, 3.8) is 0 Å². The number of phosphoric acid groups is 1. The molecule has 1 heterocycles. The van der Waals surface area contributed by atoms with Crippen LogP contribution in [0.15, 0.2) is 0 Å². The lowest BCUT2D eigenvalue weighted by atomic mass is 10.00. The minimum Gasteiger partial charge on any atom is -0.387 e. The summed E-state index contributed by atoms with van der Waals surface area (Å²) in [5.41, 5.74) is 0. The molecular formula is C10H21O9P. The highest BCUT2D eigenvalue weighted by molar-refractivity contribution is 7.48. The van der Waals surface area contributed by atoms with Crippen LogP contribution in [0.1, 0.15) is 13.8 Å². The van der Waals surface area contributed by atoms with Crippen LogP contribution in [0.5, 0.6) is 0 Å². The first-order chi connectivity index (χ1) is 9.34. The number of aliphatic hydroxyl groups is 4. The summed E-state index contributed by atoms with van der Waals surface area (Å²) in [7, 11) is -3.78. The van der Waals surface area contributed by atoms with Crippen molar-refractivity contribution in [2.45, 2.75) is 44.6 Å². The zero-order chi connectivity index (χ0) is 15.3. The van der Waals surface area contributed by atoms with Crippen molar-refractivity contribution < 1.29 is 43.3 Å². The van der Waals surface area contributed by atoms with Crippen molar-refractivity contribution in [1.82, 2.24) is 0 Å². The number of rotatable bonds is 7. The smallest absolute Gasteiger partial charge is 0.387 e. The summed E-state index contributed by atoms with van der Waals surface area (Å²) in [5, 5.41) is 37.8. The number of hydrogen-bond donors (Lipinski definition) is 4. The van der Waals surface area contributed by atoms with Gasteiger partial charge in [-0.25, -0.2) is 4.57 Å². The predicted molar refractivity (Wildman–Crippen MR) is 65.7 cm³/mol. The lowest BCUT2D eigenvalue weighted by molar-refractivity contribution is -0.285. The highest BCUT2D eigenvalue weighted by Crippen LogP contribution is 2.49. The van der Waals surface area contributed by atoms with Gasteiger partial charge >= 0.3 is 7.82 Å². The van der Waals surface area contributed by atoms with Crippen molar-refractivity contribution >= 4 is 7.82 Å². The Balaban J connectivity index is 2.61. The molecule has 1 fully saturated rings. The average molecular weight is 316 g/mol. The Hall–Kier alpha value is -0.0900. The van der Waals surface area contributed by atoms with Crippen molar-refractivity contribution in [1.29, 1.82) is 0 Å². The molecule has 1 aliphatic rings. The van der Waals surface area contributed by atoms with Crippen LogP contribution in [-0.2, 0) is 22.9 Å². The fourth-order valence-corrected chi connectivity index (χ4v) is 2.85. The van der Waals surface area contributed by atoms with E-state index in [4.69, 9.17) is 18.3 Å². The molecular weight excluding hydrogens is 295 g/mol. The molecule has 0 saturated carbocycles. The van der Waals surface area contributed by atoms with E-state index in [1.807, 2.05) is 0 Å². The van der Waals surface area contributed by atoms with Crippen LogP contribution in [0.25, 0.3) is 0 Å². The van der Waals surface area contributed by atoms with E-state index in [-0.39, 0.29) is 13.2 Å². The molecule has 0 aliphatic carbocycles. The molecule has 20 heavy (non-hydrogen) atoms. The van der Waals surface area contributed by atoms with Gasteiger partial charge in [-0.05, 0) is 13.8 Å². The monoisotopic (exact) mass is 316 g/mol. The van der Waals surface area contributed by atoms with Gasteiger partial charge in [0.15, 0.2) is 6.29 Å². The first-order valence-electron chi connectivity index (χ1n) is 6.26. The molecule has 1 saturated heterocycles. The molecule has 0 radical (unpaired) electrons. The Morgan fingerprint density at radius 2 is 1.50 bits per heavy atom. The summed E-state index contributed by atoms with van der Waals surface area (Å²) in [5.74, 6) is 0. The molecule has 0 aromatic rings. The normalized spacial score (nSPS) is 35.2. The van der Waals surface area contributed by atoms with Gasteiger partial charge in [-0.3, -0.25) is 13.6 Å². The molecule has 0 amide bonds. The molecule has 1 aliphatic heterocycles. The third-order valence-electron chi connectivity index (χ3n) is 2.66. The lowest BCUT2D eigenvalue weighted by Gasteiger charge is -2.38. The zero-order valence-corrected chi connectivity index (χ0v) is 12.2. The Morgan fingerprint density at radius 1 is 0.950 bits per heavy atom. The van der Waals surface area contributed by atoms with E-state index in [9.17, 15) is 25.0 Å². The van der Waals surface area contributed by atoms with Gasteiger partial charge in [-0.15, -0.1) is 0 Å². The maximum Gasteiger partial charge on any atom is 0.474 e. The summed E-state index contributed by atoms with van der Waals surface area (Å²) in [4.78, 5) is 0. The number of ether oxygens (including phenoxy) is 1. The quantitative estimate of drug-likeness (QED) is 0.435. The molecule has 9 nitrogen and oxygen atoms in total. The van der Waals surface area contributed by atoms with Gasteiger partial charge in [0.05, 0.1) is 19.8 Å². The van der Waals surface area contributed by atoms with Gasteiger partial charge in [0.2, 0.25) is 0 Å². The molecule has 1 unspecified atom stereocenters. The highest BCUT2D eigenvalue weighted by atomic mass is 31.2. The van der Waals surface area contributed by atoms with Crippen LogP contribution >= 0.6 is 7.82 Å². The predicted octanol–water partition coefficient (Wildman–Crippen LogP) is -1.02. The van der Waals surface area contributed by atoms with Crippen molar-refractivity contribution in [3.05, 3.63) is 0 Å². The molecule has 0 spiro atoms. The van der Waals surface area contributed by atoms with Crippen molar-refractivity contribution in [3.8, 4) is 0 Å². The highest BCUT2D eigenvalue weighted by Gasteiger charge is 2.44. The average Bonchev–Trinajstić information content (AvgIpc) is 2.40. The summed E-state index contributed by atoms with van der Waals surface area (Å²) < 4.78 is 31.6. The Bertz CT molecular complexity index is 329. The van der Waals surface area contributed by atoms with Crippen LogP contribution in [-0.4, -0.2) is 71.0 Å². The van der Waals surface area contributed by atoms with E-state index < -0.39 is 45.1 Å². The van der Waals surface area contributed by atoms with E-state index in [1.54, 1.807) is 13.8 Å². The van der Waals surface area contributed by atoms with E-state index >= 15 is 0 Å². The van der Waals surface area contributed by atoms with E-state index in [0.717, 1.165) is 0 Å². The molecule has 0 aromatic carbocycles. The maximum absolute atomic E-state index is 12.0. The fraction of sp³-hybridized carbons (Fsp3) is 1.00. The van der Waals surface area contributed by atoms with Gasteiger partial charge in [0.1, 0.15) is 24.4 Å². The van der Waals surface area contributed by atoms with Gasteiger partial charge < -0.3 is 25.2 Å². The number of hydrogen-bond acceptors (Lipinski definition) is 9. The topological polar surface area (TPSA) is 135 Å². The maximum atomic E-state index is 12.0.